The van der Waals surface area contributed by atoms with Crippen LogP contribution in [-0.2, 0) is 13.0 Å². The average Bonchev–Trinajstić information content (AvgIpc) is 2.64. The molecule has 2 heterocycles. The second-order valence-electron chi connectivity index (χ2n) is 4.29. The Bertz CT molecular complexity index is 377. The highest BCUT2D eigenvalue weighted by molar-refractivity contribution is 7.99. The summed E-state index contributed by atoms with van der Waals surface area (Å²) in [6, 6.07) is 0. The minimum atomic E-state index is 0.730. The van der Waals surface area contributed by atoms with Crippen LogP contribution < -0.4 is 0 Å². The van der Waals surface area contributed by atoms with Crippen LogP contribution in [0.4, 0.5) is 0 Å². The maximum Gasteiger partial charge on any atom is 0.195 e. The molecule has 16 heavy (non-hydrogen) atoms. The van der Waals surface area contributed by atoms with Crippen LogP contribution in [0.3, 0.4) is 0 Å². The van der Waals surface area contributed by atoms with Gasteiger partial charge in [-0.15, -0.1) is 0 Å². The molecule has 1 aromatic rings. The Morgan fingerprint density at radius 3 is 3.12 bits per heavy atom. The fraction of sp³-hybridized carbons (Fsp3) is 0.818. The van der Waals surface area contributed by atoms with Gasteiger partial charge in [-0.05, 0) is 37.2 Å². The number of nitrogens with zero attached hydrogens (tertiary/aromatic N) is 2. The van der Waals surface area contributed by atoms with E-state index in [1.54, 1.807) is 0 Å². The van der Waals surface area contributed by atoms with Gasteiger partial charge in [-0.25, -0.2) is 0 Å². The van der Waals surface area contributed by atoms with Crippen molar-refractivity contribution < 1.29 is 0 Å². The number of nitrogens with one attached hydrogen (secondary N) is 1. The van der Waals surface area contributed by atoms with Gasteiger partial charge in [0.1, 0.15) is 5.82 Å². The molecule has 1 atom stereocenters. The Labute approximate surface area is 106 Å². The second kappa shape index (κ2) is 5.87. The van der Waals surface area contributed by atoms with Gasteiger partial charge in [0.15, 0.2) is 4.77 Å². The van der Waals surface area contributed by atoms with Crippen LogP contribution in [0.1, 0.15) is 38.4 Å². The third-order valence-corrected chi connectivity index (χ3v) is 4.66. The van der Waals surface area contributed by atoms with E-state index in [1.165, 1.54) is 25.0 Å². The van der Waals surface area contributed by atoms with Gasteiger partial charge >= 0.3 is 0 Å². The lowest BCUT2D eigenvalue weighted by Crippen LogP contribution is -2.18. The molecule has 1 aliphatic heterocycles. The summed E-state index contributed by atoms with van der Waals surface area (Å²) in [7, 11) is 0. The molecule has 1 unspecified atom stereocenters. The highest BCUT2D eigenvalue weighted by Crippen LogP contribution is 2.26. The molecule has 90 valence electrons. The molecule has 2 rings (SSSR count). The molecule has 0 saturated carbocycles. The number of aromatic nitrogens is 3. The molecular formula is C11H19N3S2. The maximum absolute atomic E-state index is 5.29. The third kappa shape index (κ3) is 2.88. The van der Waals surface area contributed by atoms with Crippen molar-refractivity contribution in [1.82, 2.24) is 14.8 Å². The van der Waals surface area contributed by atoms with Gasteiger partial charge in [0.2, 0.25) is 0 Å². The highest BCUT2D eigenvalue weighted by atomic mass is 32.2. The van der Waals surface area contributed by atoms with Gasteiger partial charge in [-0.2, -0.15) is 16.9 Å². The zero-order valence-electron chi connectivity index (χ0n) is 9.74. The number of hydrogen-bond acceptors (Lipinski definition) is 3. The summed E-state index contributed by atoms with van der Waals surface area (Å²) in [5.41, 5.74) is 0. The van der Waals surface area contributed by atoms with E-state index >= 15 is 0 Å². The standard InChI is InChI=1S/C11H19N3S2/c1-2-5-10-12-13-11(15)14(10)8-9-6-3-4-7-16-9/h9H,2-8H2,1H3,(H,13,15). The summed E-state index contributed by atoms with van der Waals surface area (Å²) in [5.74, 6) is 2.43. The number of thioether (sulfide) groups is 1. The molecule has 3 nitrogen and oxygen atoms in total. The Kier molecular flexibility index (Phi) is 4.46. The van der Waals surface area contributed by atoms with Crippen molar-refractivity contribution in [2.75, 3.05) is 5.75 Å². The Balaban J connectivity index is 2.06. The lowest BCUT2D eigenvalue weighted by molar-refractivity contribution is 0.560. The smallest absolute Gasteiger partial charge is 0.195 e. The topological polar surface area (TPSA) is 33.6 Å². The number of aryl methyl sites for hydroxylation is 1. The Morgan fingerprint density at radius 1 is 1.56 bits per heavy atom. The van der Waals surface area contributed by atoms with Gasteiger partial charge < -0.3 is 4.57 Å². The summed E-state index contributed by atoms with van der Waals surface area (Å²) >= 11 is 7.38. The predicted octanol–water partition coefficient (Wildman–Crippen LogP) is 3.18. The monoisotopic (exact) mass is 257 g/mol. The van der Waals surface area contributed by atoms with Gasteiger partial charge in [0, 0.05) is 18.2 Å². The van der Waals surface area contributed by atoms with E-state index in [9.17, 15) is 0 Å². The number of H-pyrrole nitrogens is 1. The first-order valence-corrected chi connectivity index (χ1v) is 7.52. The van der Waals surface area contributed by atoms with Crippen LogP contribution >= 0.6 is 24.0 Å². The van der Waals surface area contributed by atoms with Gasteiger partial charge in [-0.3, -0.25) is 5.10 Å². The molecule has 0 bridgehead atoms. The quantitative estimate of drug-likeness (QED) is 0.841. The SMILES string of the molecule is CCCc1n[nH]c(=S)n1CC1CCCCS1. The van der Waals surface area contributed by atoms with Crippen LogP contribution in [0.2, 0.25) is 0 Å². The summed E-state index contributed by atoms with van der Waals surface area (Å²) in [6.45, 7) is 3.22. The lowest BCUT2D eigenvalue weighted by Gasteiger charge is -2.22. The maximum atomic E-state index is 5.29. The first-order chi connectivity index (χ1) is 7.81. The Morgan fingerprint density at radius 2 is 2.44 bits per heavy atom. The van der Waals surface area contributed by atoms with Crippen molar-refractivity contribution in [2.45, 2.75) is 50.8 Å². The fourth-order valence-corrected chi connectivity index (χ4v) is 3.63. The minimum Gasteiger partial charge on any atom is -0.303 e. The molecule has 1 aliphatic rings. The predicted molar refractivity (Wildman–Crippen MR) is 71.5 cm³/mol. The highest BCUT2D eigenvalue weighted by Gasteiger charge is 2.16. The molecule has 1 saturated heterocycles. The van der Waals surface area contributed by atoms with Crippen molar-refractivity contribution in [1.29, 1.82) is 0 Å². The van der Waals surface area contributed by atoms with Crippen molar-refractivity contribution in [3.63, 3.8) is 0 Å². The summed E-state index contributed by atoms with van der Waals surface area (Å²) in [5, 5.41) is 7.96. The molecule has 0 radical (unpaired) electrons. The number of hydrogen-bond donors (Lipinski definition) is 1. The zero-order valence-corrected chi connectivity index (χ0v) is 11.4. The Hall–Kier alpha value is -0.290. The zero-order chi connectivity index (χ0) is 11.4. The van der Waals surface area contributed by atoms with E-state index in [-0.39, 0.29) is 0 Å². The number of aromatic amines is 1. The molecule has 5 heteroatoms. The second-order valence-corrected chi connectivity index (χ2v) is 6.09. The van der Waals surface area contributed by atoms with E-state index < -0.39 is 0 Å². The van der Waals surface area contributed by atoms with Gasteiger partial charge in [-0.1, -0.05) is 13.3 Å². The molecule has 0 aromatic carbocycles. The molecule has 0 aliphatic carbocycles. The third-order valence-electron chi connectivity index (χ3n) is 2.97. The van der Waals surface area contributed by atoms with Crippen molar-refractivity contribution in [2.24, 2.45) is 0 Å². The van der Waals surface area contributed by atoms with Crippen LogP contribution in [0.15, 0.2) is 0 Å². The van der Waals surface area contributed by atoms with E-state index in [0.29, 0.717) is 0 Å². The minimum absolute atomic E-state index is 0.730. The fourth-order valence-electron chi connectivity index (χ4n) is 2.11. The van der Waals surface area contributed by atoms with Crippen LogP contribution in [0.5, 0.6) is 0 Å². The largest absolute Gasteiger partial charge is 0.303 e. The van der Waals surface area contributed by atoms with Crippen molar-refractivity contribution in [3.8, 4) is 0 Å². The van der Waals surface area contributed by atoms with Crippen molar-refractivity contribution >= 4 is 24.0 Å². The van der Waals surface area contributed by atoms with Crippen LogP contribution in [0.25, 0.3) is 0 Å². The molecule has 1 fully saturated rings. The van der Waals surface area contributed by atoms with Gasteiger partial charge in [0.05, 0.1) is 0 Å². The van der Waals surface area contributed by atoms with E-state index in [4.69, 9.17) is 12.2 Å². The molecule has 0 amide bonds. The van der Waals surface area contributed by atoms with Crippen LogP contribution in [-0.4, -0.2) is 25.8 Å². The molecule has 1 N–H and O–H groups in total. The van der Waals surface area contributed by atoms with Crippen molar-refractivity contribution in [3.05, 3.63) is 10.6 Å². The van der Waals surface area contributed by atoms with Crippen LogP contribution in [0, 0.1) is 4.77 Å². The molecule has 0 spiro atoms. The normalized spacial score (nSPS) is 21.2. The van der Waals surface area contributed by atoms with E-state index in [1.807, 2.05) is 0 Å². The first-order valence-electron chi connectivity index (χ1n) is 6.07. The van der Waals surface area contributed by atoms with E-state index in [2.05, 4.69) is 33.5 Å². The summed E-state index contributed by atoms with van der Waals surface area (Å²) < 4.78 is 2.98. The van der Waals surface area contributed by atoms with E-state index in [0.717, 1.165) is 35.2 Å². The number of rotatable bonds is 4. The summed E-state index contributed by atoms with van der Waals surface area (Å²) in [4.78, 5) is 0. The lowest BCUT2D eigenvalue weighted by atomic mass is 10.2. The molecule has 1 aromatic heterocycles. The summed E-state index contributed by atoms with van der Waals surface area (Å²) in [6.07, 6.45) is 6.21. The molecular weight excluding hydrogens is 238 g/mol. The van der Waals surface area contributed by atoms with Gasteiger partial charge in [0.25, 0.3) is 0 Å². The first kappa shape index (κ1) is 12.2. The average molecular weight is 257 g/mol.